The maximum Gasteiger partial charge on any atom is 0.0784 e. The van der Waals surface area contributed by atoms with Crippen LogP contribution in [0, 0.1) is 6.92 Å². The Morgan fingerprint density at radius 2 is 0.764 bits per heavy atom. The second kappa shape index (κ2) is 11.4. The molecule has 10 aromatic rings. The molecule has 0 saturated heterocycles. The summed E-state index contributed by atoms with van der Waals surface area (Å²) in [6.45, 7) is 9.84. The molecule has 0 amide bonds. The van der Waals surface area contributed by atoms with Gasteiger partial charge in [0.25, 0.3) is 0 Å². The van der Waals surface area contributed by atoms with Crippen LogP contribution in [0.5, 0.6) is 0 Å². The molecule has 2 aliphatic rings. The zero-order valence-electron chi connectivity index (χ0n) is 31.2. The van der Waals surface area contributed by atoms with Gasteiger partial charge >= 0.3 is 0 Å². The maximum atomic E-state index is 2.58. The Morgan fingerprint density at radius 1 is 0.327 bits per heavy atom. The van der Waals surface area contributed by atoms with Crippen molar-refractivity contribution in [1.82, 2.24) is 0 Å². The fraction of sp³-hybridized carbons (Fsp3) is 0.0769. The molecule has 0 aliphatic carbocycles. The summed E-state index contributed by atoms with van der Waals surface area (Å²) < 4.78 is 0. The lowest BCUT2D eigenvalue weighted by Crippen LogP contribution is -2.38. The third kappa shape index (κ3) is 4.43. The van der Waals surface area contributed by atoms with Crippen molar-refractivity contribution in [2.24, 2.45) is 0 Å². The van der Waals surface area contributed by atoms with Crippen LogP contribution in [0.4, 0.5) is 0 Å². The van der Waals surface area contributed by atoms with Gasteiger partial charge in [-0.25, -0.2) is 0 Å². The van der Waals surface area contributed by atoms with Gasteiger partial charge in [0.05, 0.1) is 8.07 Å². The van der Waals surface area contributed by atoms with Crippen LogP contribution in [0.15, 0.2) is 165 Å². The SMILES string of the molecule is Cc1cc(-c2ccc3c4c(cccc24)Sc2ccccc2-3)c2ccc3c([Si](C)(C)C)cc(-c4ccc5c6c(cccc46)Sc4ccccc4-5)c4ccc1c2c43. The maximum absolute atomic E-state index is 2.58. The lowest BCUT2D eigenvalue weighted by Gasteiger charge is -2.26. The lowest BCUT2D eigenvalue weighted by atomic mass is 9.83. The van der Waals surface area contributed by atoms with Crippen LogP contribution in [0.25, 0.3) is 98.4 Å². The number of hydrogen-bond donors (Lipinski definition) is 0. The largest absolute Gasteiger partial charge is 0.0888 e. The highest BCUT2D eigenvalue weighted by Gasteiger charge is 2.28. The highest BCUT2D eigenvalue weighted by atomic mass is 32.2. The van der Waals surface area contributed by atoms with Crippen molar-refractivity contribution < 1.29 is 0 Å². The van der Waals surface area contributed by atoms with Gasteiger partial charge in [0.1, 0.15) is 0 Å². The van der Waals surface area contributed by atoms with Crippen LogP contribution in [-0.2, 0) is 0 Å². The van der Waals surface area contributed by atoms with Crippen LogP contribution in [-0.4, -0.2) is 8.07 Å². The molecule has 0 bridgehead atoms. The van der Waals surface area contributed by atoms with Crippen LogP contribution in [0.1, 0.15) is 5.56 Å². The monoisotopic (exact) mass is 752 g/mol. The van der Waals surface area contributed by atoms with E-state index >= 15 is 0 Å². The molecule has 0 radical (unpaired) electrons. The van der Waals surface area contributed by atoms with E-state index in [9.17, 15) is 0 Å². The highest BCUT2D eigenvalue weighted by molar-refractivity contribution is 8.00. The Labute approximate surface area is 330 Å². The van der Waals surface area contributed by atoms with Gasteiger partial charge in [-0.3, -0.25) is 0 Å². The second-order valence-electron chi connectivity index (χ2n) is 16.4. The van der Waals surface area contributed by atoms with E-state index < -0.39 is 8.07 Å². The third-order valence-electron chi connectivity index (χ3n) is 12.3. The average Bonchev–Trinajstić information content (AvgIpc) is 3.20. The normalized spacial score (nSPS) is 13.3. The summed E-state index contributed by atoms with van der Waals surface area (Å²) in [5.74, 6) is 0. The van der Waals surface area contributed by atoms with Gasteiger partial charge in [-0.15, -0.1) is 0 Å². The molecule has 2 aliphatic heterocycles. The Balaban J connectivity index is 1.17. The molecule has 55 heavy (non-hydrogen) atoms. The average molecular weight is 753 g/mol. The van der Waals surface area contributed by atoms with E-state index in [0.717, 1.165) is 0 Å². The minimum Gasteiger partial charge on any atom is -0.0888 e. The zero-order chi connectivity index (χ0) is 36.7. The zero-order valence-corrected chi connectivity index (χ0v) is 33.8. The van der Waals surface area contributed by atoms with Gasteiger partial charge in [0, 0.05) is 30.4 Å². The molecule has 0 aromatic heterocycles. The number of benzene rings is 10. The fourth-order valence-corrected chi connectivity index (χ4v) is 13.7. The first-order chi connectivity index (χ1) is 26.8. The predicted molar refractivity (Wildman–Crippen MR) is 243 cm³/mol. The minimum atomic E-state index is -1.80. The van der Waals surface area contributed by atoms with Gasteiger partial charge < -0.3 is 0 Å². The second-order valence-corrected chi connectivity index (χ2v) is 23.6. The number of fused-ring (bicyclic) bond motifs is 4. The Morgan fingerprint density at radius 3 is 1.33 bits per heavy atom. The summed E-state index contributed by atoms with van der Waals surface area (Å²) in [4.78, 5) is 5.36. The van der Waals surface area contributed by atoms with Crippen LogP contribution < -0.4 is 5.19 Å². The van der Waals surface area contributed by atoms with E-state index in [-0.39, 0.29) is 0 Å². The molecule has 0 spiro atoms. The van der Waals surface area contributed by atoms with Crippen LogP contribution >= 0.6 is 23.5 Å². The summed E-state index contributed by atoms with van der Waals surface area (Å²) >= 11 is 3.81. The van der Waals surface area contributed by atoms with Crippen LogP contribution in [0.3, 0.4) is 0 Å². The Bertz CT molecular complexity index is 3310. The van der Waals surface area contributed by atoms with Crippen molar-refractivity contribution in [2.75, 3.05) is 0 Å². The van der Waals surface area contributed by atoms with Crippen molar-refractivity contribution in [3.63, 3.8) is 0 Å². The molecule has 3 heteroatoms. The van der Waals surface area contributed by atoms with E-state index in [1.165, 1.54) is 129 Å². The molecule has 2 heterocycles. The molecule has 0 unspecified atom stereocenters. The molecule has 0 N–H and O–H groups in total. The summed E-state index contributed by atoms with van der Waals surface area (Å²) in [7, 11) is -1.80. The number of rotatable bonds is 3. The fourth-order valence-electron chi connectivity index (χ4n) is 9.86. The number of aryl methyl sites for hydroxylation is 1. The molecule has 0 fully saturated rings. The molecular weight excluding hydrogens is 717 g/mol. The molecule has 0 saturated carbocycles. The van der Waals surface area contributed by atoms with Crippen molar-refractivity contribution in [3.05, 3.63) is 151 Å². The van der Waals surface area contributed by atoms with Crippen molar-refractivity contribution >= 4 is 90.6 Å². The summed E-state index contributed by atoms with van der Waals surface area (Å²) in [5.41, 5.74) is 12.0. The van der Waals surface area contributed by atoms with Gasteiger partial charge in [-0.2, -0.15) is 0 Å². The molecule has 10 aromatic carbocycles. The summed E-state index contributed by atoms with van der Waals surface area (Å²) in [5, 5.41) is 15.2. The molecular formula is C52H36S2Si. The van der Waals surface area contributed by atoms with Gasteiger partial charge in [0.15, 0.2) is 0 Å². The molecule has 260 valence electrons. The van der Waals surface area contributed by atoms with E-state index in [2.05, 4.69) is 172 Å². The first kappa shape index (κ1) is 32.0. The topological polar surface area (TPSA) is 0 Å². The quantitative estimate of drug-likeness (QED) is 0.130. The number of hydrogen-bond acceptors (Lipinski definition) is 2. The van der Waals surface area contributed by atoms with Crippen molar-refractivity contribution in [2.45, 2.75) is 46.1 Å². The first-order valence-corrected chi connectivity index (χ1v) is 24.4. The van der Waals surface area contributed by atoms with Gasteiger partial charge in [-0.1, -0.05) is 170 Å². The Kier molecular flexibility index (Phi) is 6.61. The summed E-state index contributed by atoms with van der Waals surface area (Å²) in [6, 6.07) is 55.9. The smallest absolute Gasteiger partial charge is 0.0784 e. The first-order valence-electron chi connectivity index (χ1n) is 19.3. The van der Waals surface area contributed by atoms with Gasteiger partial charge in [0.2, 0.25) is 0 Å². The van der Waals surface area contributed by atoms with Crippen molar-refractivity contribution in [1.29, 1.82) is 0 Å². The van der Waals surface area contributed by atoms with Crippen molar-refractivity contribution in [3.8, 4) is 44.5 Å². The minimum absolute atomic E-state index is 1.31. The lowest BCUT2D eigenvalue weighted by molar-refractivity contribution is 1.40. The van der Waals surface area contributed by atoms with Crippen LogP contribution in [0.2, 0.25) is 19.6 Å². The highest BCUT2D eigenvalue weighted by Crippen LogP contribution is 2.53. The van der Waals surface area contributed by atoms with E-state index in [0.29, 0.717) is 0 Å². The third-order valence-corrected chi connectivity index (χ3v) is 16.6. The standard InChI is InChI=1S/C52H36S2Si/c1-29-27-42(31-20-23-37-33-11-5-7-15-44(33)53-46-17-9-13-35(31)49(37)46)39-25-26-41-48(55(2,3)4)28-43(40-22-19-30(29)51(39)52(40)41)32-21-24-38-34-12-6-8-16-45(34)54-47-18-10-14-36(32)50(38)47/h5-28H,1-4H3. The van der Waals surface area contributed by atoms with E-state index in [1.807, 2.05) is 23.5 Å². The van der Waals surface area contributed by atoms with E-state index in [1.54, 1.807) is 0 Å². The van der Waals surface area contributed by atoms with Gasteiger partial charge in [-0.05, 0) is 124 Å². The summed E-state index contributed by atoms with van der Waals surface area (Å²) in [6.07, 6.45) is 0. The predicted octanol–water partition coefficient (Wildman–Crippen LogP) is 15.3. The molecule has 12 rings (SSSR count). The molecule has 0 atom stereocenters. The molecule has 0 nitrogen and oxygen atoms in total. The Hall–Kier alpha value is -5.32. The van der Waals surface area contributed by atoms with E-state index in [4.69, 9.17) is 0 Å².